The first-order valence-corrected chi connectivity index (χ1v) is 5.95. The summed E-state index contributed by atoms with van der Waals surface area (Å²) in [5.41, 5.74) is 0.359. The van der Waals surface area contributed by atoms with Crippen molar-refractivity contribution in [3.05, 3.63) is 62.8 Å². The number of H-pyrrole nitrogens is 1. The lowest BCUT2D eigenvalue weighted by Gasteiger charge is -2.07. The molecule has 0 aliphatic rings. The summed E-state index contributed by atoms with van der Waals surface area (Å²) < 4.78 is 15.3. The Hall–Kier alpha value is -2.70. The molecule has 20 heavy (non-hydrogen) atoms. The summed E-state index contributed by atoms with van der Waals surface area (Å²) >= 11 is 0. The zero-order chi connectivity index (χ0) is 14.3. The van der Waals surface area contributed by atoms with Gasteiger partial charge in [0.1, 0.15) is 11.3 Å². The van der Waals surface area contributed by atoms with Crippen molar-refractivity contribution in [3.8, 4) is 0 Å². The van der Waals surface area contributed by atoms with Gasteiger partial charge in [0.2, 0.25) is 0 Å². The minimum atomic E-state index is -0.459. The van der Waals surface area contributed by atoms with E-state index >= 15 is 0 Å². The highest BCUT2D eigenvalue weighted by atomic mass is 19.1. The quantitative estimate of drug-likeness (QED) is 0.744. The third-order valence-corrected chi connectivity index (χ3v) is 3.17. The first-order chi connectivity index (χ1) is 9.58. The van der Waals surface area contributed by atoms with E-state index in [1.165, 1.54) is 23.0 Å². The Morgan fingerprint density at radius 2 is 1.95 bits per heavy atom. The molecule has 3 aromatic rings. The van der Waals surface area contributed by atoms with Crippen LogP contribution in [0.15, 0.2) is 40.2 Å². The van der Waals surface area contributed by atoms with Crippen LogP contribution in [0.2, 0.25) is 0 Å². The largest absolute Gasteiger partial charge is 0.339 e. The molecule has 102 valence electrons. The average Bonchev–Trinajstić information content (AvgIpc) is 2.93. The van der Waals surface area contributed by atoms with E-state index in [0.717, 1.165) is 4.57 Å². The van der Waals surface area contributed by atoms with E-state index in [0.29, 0.717) is 11.2 Å². The normalized spacial score (nSPS) is 11.1. The molecule has 0 saturated heterocycles. The highest BCUT2D eigenvalue weighted by Crippen LogP contribution is 2.04. The monoisotopic (exact) mass is 274 g/mol. The van der Waals surface area contributed by atoms with E-state index in [4.69, 9.17) is 0 Å². The Bertz CT molecular complexity index is 889. The van der Waals surface area contributed by atoms with E-state index in [2.05, 4.69) is 9.97 Å². The Labute approximate surface area is 112 Å². The zero-order valence-corrected chi connectivity index (χ0v) is 10.6. The molecule has 0 amide bonds. The summed E-state index contributed by atoms with van der Waals surface area (Å²) in [6.45, 7) is 0.0841. The van der Waals surface area contributed by atoms with Crippen LogP contribution in [0.5, 0.6) is 0 Å². The number of nitrogens with one attached hydrogen (secondary N) is 1. The molecule has 0 unspecified atom stereocenters. The standard InChI is InChI=1S/C13H11FN4O2/c1-17-11-10(15-7-16-11)12(19)18(13(17)20)6-8-2-4-9(14)5-3-8/h2-5,7H,6H2,1H3,(H,15,16). The maximum absolute atomic E-state index is 12.9. The highest BCUT2D eigenvalue weighted by Gasteiger charge is 2.12. The van der Waals surface area contributed by atoms with Crippen LogP contribution in [0.1, 0.15) is 5.56 Å². The Balaban J connectivity index is 2.18. The van der Waals surface area contributed by atoms with Crippen molar-refractivity contribution in [2.75, 3.05) is 0 Å². The molecule has 0 fully saturated rings. The molecule has 1 N–H and O–H groups in total. The summed E-state index contributed by atoms with van der Waals surface area (Å²) in [4.78, 5) is 31.1. The summed E-state index contributed by atoms with van der Waals surface area (Å²) in [5, 5.41) is 0. The lowest BCUT2D eigenvalue weighted by atomic mass is 10.2. The van der Waals surface area contributed by atoms with Gasteiger partial charge < -0.3 is 4.98 Å². The number of rotatable bonds is 2. The molecule has 0 aliphatic carbocycles. The molecule has 1 aromatic carbocycles. The van der Waals surface area contributed by atoms with Gasteiger partial charge in [-0.25, -0.2) is 14.2 Å². The van der Waals surface area contributed by atoms with Crippen LogP contribution in [-0.4, -0.2) is 19.1 Å². The molecule has 0 bridgehead atoms. The molecular weight excluding hydrogens is 263 g/mol. The number of benzene rings is 1. The van der Waals surface area contributed by atoms with Crippen LogP contribution < -0.4 is 11.2 Å². The number of nitrogens with zero attached hydrogens (tertiary/aromatic N) is 3. The fourth-order valence-electron chi connectivity index (χ4n) is 2.10. The van der Waals surface area contributed by atoms with Gasteiger partial charge in [0.05, 0.1) is 12.9 Å². The third-order valence-electron chi connectivity index (χ3n) is 3.17. The Kier molecular flexibility index (Phi) is 2.74. The van der Waals surface area contributed by atoms with Gasteiger partial charge in [0.15, 0.2) is 5.65 Å². The number of aryl methyl sites for hydroxylation is 1. The smallest absolute Gasteiger partial charge is 0.332 e. The molecule has 2 heterocycles. The van der Waals surface area contributed by atoms with Gasteiger partial charge in [0.25, 0.3) is 5.56 Å². The van der Waals surface area contributed by atoms with E-state index in [-0.39, 0.29) is 17.9 Å². The van der Waals surface area contributed by atoms with Gasteiger partial charge in [-0.3, -0.25) is 13.9 Å². The van der Waals surface area contributed by atoms with Crippen molar-refractivity contribution >= 4 is 11.2 Å². The molecular formula is C13H11FN4O2. The maximum atomic E-state index is 12.9. The van der Waals surface area contributed by atoms with Crippen molar-refractivity contribution in [3.63, 3.8) is 0 Å². The molecule has 0 radical (unpaired) electrons. The first-order valence-electron chi connectivity index (χ1n) is 5.95. The van der Waals surface area contributed by atoms with Crippen LogP contribution in [-0.2, 0) is 13.6 Å². The van der Waals surface area contributed by atoms with Gasteiger partial charge in [-0.2, -0.15) is 0 Å². The van der Waals surface area contributed by atoms with E-state index in [9.17, 15) is 14.0 Å². The molecule has 0 atom stereocenters. The van der Waals surface area contributed by atoms with Crippen LogP contribution in [0.3, 0.4) is 0 Å². The van der Waals surface area contributed by atoms with Gasteiger partial charge in [-0.1, -0.05) is 12.1 Å². The summed E-state index contributed by atoms with van der Waals surface area (Å²) in [6.07, 6.45) is 1.37. The van der Waals surface area contributed by atoms with Gasteiger partial charge >= 0.3 is 5.69 Å². The van der Waals surface area contributed by atoms with Crippen molar-refractivity contribution in [2.24, 2.45) is 7.05 Å². The number of fused-ring (bicyclic) bond motifs is 1. The van der Waals surface area contributed by atoms with Crippen LogP contribution in [0, 0.1) is 5.82 Å². The fourth-order valence-corrected chi connectivity index (χ4v) is 2.10. The van der Waals surface area contributed by atoms with E-state index < -0.39 is 11.2 Å². The number of hydrogen-bond acceptors (Lipinski definition) is 3. The van der Waals surface area contributed by atoms with E-state index in [1.807, 2.05) is 0 Å². The number of hydrogen-bond donors (Lipinski definition) is 1. The zero-order valence-electron chi connectivity index (χ0n) is 10.6. The molecule has 7 heteroatoms. The Morgan fingerprint density at radius 1 is 1.25 bits per heavy atom. The van der Waals surface area contributed by atoms with Crippen molar-refractivity contribution in [1.82, 2.24) is 19.1 Å². The second kappa shape index (κ2) is 4.44. The molecule has 0 saturated carbocycles. The topological polar surface area (TPSA) is 72.7 Å². The highest BCUT2D eigenvalue weighted by molar-refractivity contribution is 5.68. The second-order valence-corrected chi connectivity index (χ2v) is 4.46. The van der Waals surface area contributed by atoms with Crippen LogP contribution >= 0.6 is 0 Å². The minimum Gasteiger partial charge on any atom is -0.339 e. The SMILES string of the molecule is Cn1c(=O)n(Cc2ccc(F)cc2)c(=O)c2[nH]cnc21. The maximum Gasteiger partial charge on any atom is 0.332 e. The summed E-state index contributed by atoms with van der Waals surface area (Å²) in [6, 6.07) is 5.66. The summed E-state index contributed by atoms with van der Waals surface area (Å²) in [5.74, 6) is -0.363. The number of imidazole rings is 1. The molecule has 2 aromatic heterocycles. The van der Waals surface area contributed by atoms with Gasteiger partial charge in [-0.05, 0) is 17.7 Å². The fraction of sp³-hybridized carbons (Fsp3) is 0.154. The van der Waals surface area contributed by atoms with Crippen LogP contribution in [0.4, 0.5) is 4.39 Å². The lowest BCUT2D eigenvalue weighted by Crippen LogP contribution is -2.39. The predicted molar refractivity (Wildman–Crippen MR) is 71.1 cm³/mol. The van der Waals surface area contributed by atoms with Crippen LogP contribution in [0.25, 0.3) is 11.2 Å². The lowest BCUT2D eigenvalue weighted by molar-refractivity contribution is 0.623. The molecule has 0 aliphatic heterocycles. The predicted octanol–water partition coefficient (Wildman–Crippen LogP) is 0.611. The van der Waals surface area contributed by atoms with Crippen molar-refractivity contribution in [1.29, 1.82) is 0 Å². The number of aromatic nitrogens is 4. The number of aromatic amines is 1. The molecule has 0 spiro atoms. The summed E-state index contributed by atoms with van der Waals surface area (Å²) in [7, 11) is 1.55. The van der Waals surface area contributed by atoms with Gasteiger partial charge in [0, 0.05) is 7.05 Å². The second-order valence-electron chi connectivity index (χ2n) is 4.46. The molecule has 6 nitrogen and oxygen atoms in total. The van der Waals surface area contributed by atoms with E-state index in [1.54, 1.807) is 19.2 Å². The first kappa shape index (κ1) is 12.3. The van der Waals surface area contributed by atoms with Crippen molar-refractivity contribution < 1.29 is 4.39 Å². The number of halogens is 1. The van der Waals surface area contributed by atoms with Crippen molar-refractivity contribution in [2.45, 2.75) is 6.54 Å². The third kappa shape index (κ3) is 1.83. The minimum absolute atomic E-state index is 0.0841. The average molecular weight is 274 g/mol. The van der Waals surface area contributed by atoms with Gasteiger partial charge in [-0.15, -0.1) is 0 Å². The molecule has 3 rings (SSSR count). The Morgan fingerprint density at radius 3 is 2.65 bits per heavy atom.